The van der Waals surface area contributed by atoms with Crippen molar-refractivity contribution < 1.29 is 0 Å². The van der Waals surface area contributed by atoms with E-state index in [-0.39, 0.29) is 0 Å². The van der Waals surface area contributed by atoms with E-state index in [2.05, 4.69) is 48.0 Å². The summed E-state index contributed by atoms with van der Waals surface area (Å²) in [5, 5.41) is 10.1. The van der Waals surface area contributed by atoms with Crippen molar-refractivity contribution in [1.82, 2.24) is 4.57 Å². The first-order valence-electron chi connectivity index (χ1n) is 6.87. The lowest BCUT2D eigenvalue weighted by Crippen LogP contribution is -2.00. The third-order valence-electron chi connectivity index (χ3n) is 3.69. The van der Waals surface area contributed by atoms with Crippen LogP contribution in [0.5, 0.6) is 0 Å². The molecule has 20 heavy (non-hydrogen) atoms. The van der Waals surface area contributed by atoms with E-state index in [0.29, 0.717) is 5.56 Å². The van der Waals surface area contributed by atoms with Gasteiger partial charge in [0.15, 0.2) is 0 Å². The molecular formula is C18H16N2. The van der Waals surface area contributed by atoms with Gasteiger partial charge in [0.2, 0.25) is 0 Å². The average molecular weight is 260 g/mol. The SMILES string of the molecule is CCc1cccc2ccn(Cc3ccc(C#N)cc3)c12. The molecule has 0 amide bonds. The highest BCUT2D eigenvalue weighted by Gasteiger charge is 2.05. The number of nitrogens with zero attached hydrogens (tertiary/aromatic N) is 2. The molecule has 0 fully saturated rings. The minimum Gasteiger partial charge on any atom is -0.343 e. The van der Waals surface area contributed by atoms with Crippen LogP contribution in [0, 0.1) is 11.3 Å². The fourth-order valence-electron chi connectivity index (χ4n) is 2.64. The smallest absolute Gasteiger partial charge is 0.0991 e. The van der Waals surface area contributed by atoms with Crippen molar-refractivity contribution in [2.75, 3.05) is 0 Å². The van der Waals surface area contributed by atoms with Crippen LogP contribution in [0.25, 0.3) is 10.9 Å². The van der Waals surface area contributed by atoms with Crippen molar-refractivity contribution >= 4 is 10.9 Å². The number of benzene rings is 2. The quantitative estimate of drug-likeness (QED) is 0.696. The van der Waals surface area contributed by atoms with Crippen LogP contribution in [0.3, 0.4) is 0 Å². The predicted molar refractivity (Wildman–Crippen MR) is 81.6 cm³/mol. The number of para-hydroxylation sites is 1. The second-order valence-corrected chi connectivity index (χ2v) is 4.96. The molecule has 0 atom stereocenters. The Morgan fingerprint density at radius 1 is 1.05 bits per heavy atom. The normalized spacial score (nSPS) is 10.6. The maximum absolute atomic E-state index is 8.84. The summed E-state index contributed by atoms with van der Waals surface area (Å²) < 4.78 is 2.29. The summed E-state index contributed by atoms with van der Waals surface area (Å²) >= 11 is 0. The van der Waals surface area contributed by atoms with Crippen LogP contribution in [0.2, 0.25) is 0 Å². The molecule has 1 aromatic heterocycles. The van der Waals surface area contributed by atoms with Crippen LogP contribution < -0.4 is 0 Å². The molecule has 2 nitrogen and oxygen atoms in total. The number of rotatable bonds is 3. The van der Waals surface area contributed by atoms with Gasteiger partial charge < -0.3 is 4.57 Å². The Morgan fingerprint density at radius 2 is 1.85 bits per heavy atom. The Kier molecular flexibility index (Phi) is 3.26. The van der Waals surface area contributed by atoms with Gasteiger partial charge in [-0.05, 0) is 41.1 Å². The van der Waals surface area contributed by atoms with Crippen molar-refractivity contribution in [3.05, 3.63) is 71.4 Å². The molecule has 3 rings (SSSR count). The molecule has 0 saturated carbocycles. The zero-order valence-corrected chi connectivity index (χ0v) is 11.5. The largest absolute Gasteiger partial charge is 0.343 e. The summed E-state index contributed by atoms with van der Waals surface area (Å²) in [6.45, 7) is 3.03. The van der Waals surface area contributed by atoms with Gasteiger partial charge in [-0.1, -0.05) is 37.3 Å². The number of hydrogen-bond donors (Lipinski definition) is 0. The van der Waals surface area contributed by atoms with E-state index < -0.39 is 0 Å². The van der Waals surface area contributed by atoms with Gasteiger partial charge in [-0.25, -0.2) is 0 Å². The van der Waals surface area contributed by atoms with Crippen molar-refractivity contribution in [2.24, 2.45) is 0 Å². The molecular weight excluding hydrogens is 244 g/mol. The number of aromatic nitrogens is 1. The Balaban J connectivity index is 2.00. The van der Waals surface area contributed by atoms with Crippen LogP contribution in [0.1, 0.15) is 23.6 Å². The average Bonchev–Trinajstić information content (AvgIpc) is 2.91. The van der Waals surface area contributed by atoms with Crippen LogP contribution in [-0.2, 0) is 13.0 Å². The molecule has 0 spiro atoms. The number of nitriles is 1. The van der Waals surface area contributed by atoms with Crippen molar-refractivity contribution in [1.29, 1.82) is 5.26 Å². The number of aryl methyl sites for hydroxylation is 1. The molecule has 0 radical (unpaired) electrons. The van der Waals surface area contributed by atoms with Crippen LogP contribution >= 0.6 is 0 Å². The van der Waals surface area contributed by atoms with E-state index in [1.807, 2.05) is 24.3 Å². The highest BCUT2D eigenvalue weighted by Crippen LogP contribution is 2.22. The topological polar surface area (TPSA) is 28.7 Å². The highest BCUT2D eigenvalue weighted by molar-refractivity contribution is 5.83. The molecule has 2 heteroatoms. The van der Waals surface area contributed by atoms with Gasteiger partial charge in [-0.15, -0.1) is 0 Å². The molecule has 0 N–H and O–H groups in total. The van der Waals surface area contributed by atoms with E-state index in [0.717, 1.165) is 13.0 Å². The molecule has 0 saturated heterocycles. The molecule has 98 valence electrons. The first-order chi connectivity index (χ1) is 9.81. The monoisotopic (exact) mass is 260 g/mol. The Labute approximate surface area is 118 Å². The summed E-state index contributed by atoms with van der Waals surface area (Å²) in [5.74, 6) is 0. The minimum absolute atomic E-state index is 0.709. The molecule has 0 bridgehead atoms. The number of hydrogen-bond acceptors (Lipinski definition) is 1. The number of fused-ring (bicyclic) bond motifs is 1. The van der Waals surface area contributed by atoms with Gasteiger partial charge in [0.05, 0.1) is 17.1 Å². The Hall–Kier alpha value is -2.53. The fourth-order valence-corrected chi connectivity index (χ4v) is 2.64. The summed E-state index contributed by atoms with van der Waals surface area (Å²) in [4.78, 5) is 0. The van der Waals surface area contributed by atoms with Crippen LogP contribution in [-0.4, -0.2) is 4.57 Å². The molecule has 0 unspecified atom stereocenters. The first-order valence-corrected chi connectivity index (χ1v) is 6.87. The van der Waals surface area contributed by atoms with E-state index in [4.69, 9.17) is 5.26 Å². The van der Waals surface area contributed by atoms with Gasteiger partial charge in [0.1, 0.15) is 0 Å². The second kappa shape index (κ2) is 5.22. The van der Waals surface area contributed by atoms with Gasteiger partial charge in [0, 0.05) is 12.7 Å². The highest BCUT2D eigenvalue weighted by atomic mass is 15.0. The lowest BCUT2D eigenvalue weighted by Gasteiger charge is -2.09. The molecule has 0 aliphatic carbocycles. The molecule has 0 aliphatic heterocycles. The van der Waals surface area contributed by atoms with Crippen molar-refractivity contribution in [2.45, 2.75) is 19.9 Å². The Morgan fingerprint density at radius 3 is 2.55 bits per heavy atom. The lowest BCUT2D eigenvalue weighted by molar-refractivity contribution is 0.831. The van der Waals surface area contributed by atoms with E-state index >= 15 is 0 Å². The maximum Gasteiger partial charge on any atom is 0.0991 e. The zero-order chi connectivity index (χ0) is 13.9. The van der Waals surface area contributed by atoms with Gasteiger partial charge in [-0.3, -0.25) is 0 Å². The first kappa shape index (κ1) is 12.5. The van der Waals surface area contributed by atoms with E-state index in [1.165, 1.54) is 22.0 Å². The van der Waals surface area contributed by atoms with Crippen LogP contribution in [0.4, 0.5) is 0 Å². The van der Waals surface area contributed by atoms with Gasteiger partial charge >= 0.3 is 0 Å². The van der Waals surface area contributed by atoms with Crippen molar-refractivity contribution in [3.8, 4) is 6.07 Å². The predicted octanol–water partition coefficient (Wildman–Crippen LogP) is 4.12. The van der Waals surface area contributed by atoms with Crippen molar-refractivity contribution in [3.63, 3.8) is 0 Å². The molecule has 3 aromatic rings. The summed E-state index contributed by atoms with van der Waals surface area (Å²) in [7, 11) is 0. The van der Waals surface area contributed by atoms with Gasteiger partial charge in [-0.2, -0.15) is 5.26 Å². The minimum atomic E-state index is 0.709. The molecule has 2 aromatic carbocycles. The third kappa shape index (κ3) is 2.19. The summed E-state index contributed by atoms with van der Waals surface area (Å²) in [6.07, 6.45) is 3.18. The van der Waals surface area contributed by atoms with E-state index in [9.17, 15) is 0 Å². The fraction of sp³-hybridized carbons (Fsp3) is 0.167. The summed E-state index contributed by atoms with van der Waals surface area (Å²) in [5.41, 5.74) is 4.62. The zero-order valence-electron chi connectivity index (χ0n) is 11.5. The lowest BCUT2D eigenvalue weighted by atomic mass is 10.1. The van der Waals surface area contributed by atoms with Crippen LogP contribution in [0.15, 0.2) is 54.7 Å². The maximum atomic E-state index is 8.84. The Bertz CT molecular complexity index is 773. The van der Waals surface area contributed by atoms with Gasteiger partial charge in [0.25, 0.3) is 0 Å². The standard InChI is InChI=1S/C18H16N2/c1-2-16-4-3-5-17-10-11-20(18(16)17)13-15-8-6-14(12-19)7-9-15/h3-11H,2,13H2,1H3. The molecule has 1 heterocycles. The summed E-state index contributed by atoms with van der Waals surface area (Å²) in [6, 6.07) is 18.6. The van der Waals surface area contributed by atoms with E-state index in [1.54, 1.807) is 0 Å². The molecule has 0 aliphatic rings. The second-order valence-electron chi connectivity index (χ2n) is 4.96. The third-order valence-corrected chi connectivity index (χ3v) is 3.69.